The smallest absolute Gasteiger partial charge is 0.336 e. The minimum absolute atomic E-state index is 0. The summed E-state index contributed by atoms with van der Waals surface area (Å²) in [6.07, 6.45) is 0. The molecule has 70 valence electrons. The van der Waals surface area contributed by atoms with Crippen LogP contribution in [0.1, 0.15) is 20.7 Å². The second kappa shape index (κ2) is 4.41. The molecule has 0 heterocycles. The molecule has 0 saturated carbocycles. The van der Waals surface area contributed by atoms with Gasteiger partial charge in [-0.05, 0) is 23.1 Å². The largest absolute Gasteiger partial charge is 0.478 e. The average Bonchev–Trinajstić information content (AvgIpc) is 2.04. The van der Waals surface area contributed by atoms with Crippen molar-refractivity contribution < 1.29 is 19.8 Å². The van der Waals surface area contributed by atoms with Crippen LogP contribution in [0.3, 0.4) is 0 Å². The highest BCUT2D eigenvalue weighted by Crippen LogP contribution is 2.07. The summed E-state index contributed by atoms with van der Waals surface area (Å²) in [5.41, 5.74) is -0.380. The van der Waals surface area contributed by atoms with Gasteiger partial charge in [-0.1, -0.05) is 12.1 Å². The number of rotatable bonds is 2. The van der Waals surface area contributed by atoms with Gasteiger partial charge in [-0.25, -0.2) is 9.59 Å². The molecular formula is C8H10O4Si. The molecule has 5 heteroatoms. The Morgan fingerprint density at radius 3 is 1.46 bits per heavy atom. The number of benzene rings is 1. The first-order valence-electron chi connectivity index (χ1n) is 3.18. The molecule has 13 heavy (non-hydrogen) atoms. The van der Waals surface area contributed by atoms with Gasteiger partial charge in [0, 0.05) is 0 Å². The van der Waals surface area contributed by atoms with Crippen molar-refractivity contribution >= 4 is 22.9 Å². The van der Waals surface area contributed by atoms with E-state index in [9.17, 15) is 9.59 Å². The Balaban J connectivity index is 0.00000144. The fraction of sp³-hybridized carbons (Fsp3) is 0. The van der Waals surface area contributed by atoms with Gasteiger partial charge in [-0.3, -0.25) is 0 Å². The molecule has 0 bridgehead atoms. The van der Waals surface area contributed by atoms with Crippen molar-refractivity contribution in [3.63, 3.8) is 0 Å². The SMILES string of the molecule is O=C(O)c1ccccc1C(=O)O.[SiH4]. The summed E-state index contributed by atoms with van der Waals surface area (Å²) in [6, 6.07) is 5.48. The van der Waals surface area contributed by atoms with Crippen LogP contribution in [0, 0.1) is 0 Å². The van der Waals surface area contributed by atoms with Crippen molar-refractivity contribution in [3.05, 3.63) is 35.4 Å². The van der Waals surface area contributed by atoms with E-state index in [1.165, 1.54) is 24.3 Å². The van der Waals surface area contributed by atoms with Crippen LogP contribution in [0.4, 0.5) is 0 Å². The molecule has 0 unspecified atom stereocenters. The topological polar surface area (TPSA) is 74.6 Å². The molecule has 0 spiro atoms. The zero-order chi connectivity index (χ0) is 9.14. The maximum absolute atomic E-state index is 10.5. The second-order valence-electron chi connectivity index (χ2n) is 2.16. The summed E-state index contributed by atoms with van der Waals surface area (Å²) < 4.78 is 0. The van der Waals surface area contributed by atoms with E-state index in [1.807, 2.05) is 0 Å². The van der Waals surface area contributed by atoms with Crippen LogP contribution in [0.5, 0.6) is 0 Å². The lowest BCUT2D eigenvalue weighted by Gasteiger charge is -1.98. The fourth-order valence-corrected chi connectivity index (χ4v) is 0.856. The predicted octanol–water partition coefficient (Wildman–Crippen LogP) is -0.369. The molecule has 1 aromatic rings. The summed E-state index contributed by atoms with van der Waals surface area (Å²) in [6.45, 7) is 0. The van der Waals surface area contributed by atoms with Crippen LogP contribution >= 0.6 is 0 Å². The number of carbonyl (C=O) groups is 2. The molecule has 1 rings (SSSR count). The van der Waals surface area contributed by atoms with Crippen molar-refractivity contribution in [2.24, 2.45) is 0 Å². The Morgan fingerprint density at radius 1 is 0.923 bits per heavy atom. The van der Waals surface area contributed by atoms with Crippen LogP contribution < -0.4 is 0 Å². The van der Waals surface area contributed by atoms with E-state index in [0.717, 1.165) is 0 Å². The lowest BCUT2D eigenvalue weighted by molar-refractivity contribution is 0.0651. The normalized spacial score (nSPS) is 8.62. The molecule has 0 aliphatic carbocycles. The van der Waals surface area contributed by atoms with Crippen molar-refractivity contribution in [3.8, 4) is 0 Å². The van der Waals surface area contributed by atoms with E-state index < -0.39 is 11.9 Å². The van der Waals surface area contributed by atoms with Crippen molar-refractivity contribution in [1.82, 2.24) is 0 Å². The number of hydrogen-bond donors (Lipinski definition) is 2. The maximum Gasteiger partial charge on any atom is 0.336 e. The number of aromatic carboxylic acids is 2. The number of carboxylic acid groups (broad SMARTS) is 2. The lowest BCUT2D eigenvalue weighted by Crippen LogP contribution is -2.06. The molecule has 0 aliphatic rings. The highest BCUT2D eigenvalue weighted by Gasteiger charge is 2.13. The molecule has 1 aromatic carbocycles. The zero-order valence-electron chi connectivity index (χ0n) is 6.02. The van der Waals surface area contributed by atoms with Gasteiger partial charge in [0.25, 0.3) is 0 Å². The molecule has 0 fully saturated rings. The first kappa shape index (κ1) is 11.4. The lowest BCUT2D eigenvalue weighted by atomic mass is 10.1. The minimum Gasteiger partial charge on any atom is -0.478 e. The van der Waals surface area contributed by atoms with Gasteiger partial charge in [0.2, 0.25) is 0 Å². The Labute approximate surface area is 78.8 Å². The van der Waals surface area contributed by atoms with Crippen LogP contribution in [0.25, 0.3) is 0 Å². The van der Waals surface area contributed by atoms with Crippen LogP contribution in [-0.2, 0) is 0 Å². The Bertz CT molecular complexity index is 302. The van der Waals surface area contributed by atoms with E-state index in [2.05, 4.69) is 0 Å². The molecule has 0 aromatic heterocycles. The molecule has 2 N–H and O–H groups in total. The molecule has 0 radical (unpaired) electrons. The van der Waals surface area contributed by atoms with Crippen molar-refractivity contribution in [1.29, 1.82) is 0 Å². The zero-order valence-corrected chi connectivity index (χ0v) is 6.02. The number of carboxylic acids is 2. The van der Waals surface area contributed by atoms with E-state index in [-0.39, 0.29) is 22.1 Å². The van der Waals surface area contributed by atoms with E-state index >= 15 is 0 Å². The van der Waals surface area contributed by atoms with Gasteiger partial charge < -0.3 is 10.2 Å². The Hall–Kier alpha value is -1.62. The molecule has 0 atom stereocenters. The Morgan fingerprint density at radius 2 is 1.23 bits per heavy atom. The minimum atomic E-state index is -1.23. The molecule has 4 nitrogen and oxygen atoms in total. The van der Waals surface area contributed by atoms with E-state index in [4.69, 9.17) is 10.2 Å². The van der Waals surface area contributed by atoms with Gasteiger partial charge in [-0.2, -0.15) is 0 Å². The maximum atomic E-state index is 10.5. The molecule has 0 aliphatic heterocycles. The second-order valence-corrected chi connectivity index (χ2v) is 2.16. The highest BCUT2D eigenvalue weighted by atomic mass is 28.1. The first-order chi connectivity index (χ1) is 5.63. The third-order valence-corrected chi connectivity index (χ3v) is 1.39. The summed E-state index contributed by atoms with van der Waals surface area (Å²) in [7, 11) is 0. The summed E-state index contributed by atoms with van der Waals surface area (Å²) in [4.78, 5) is 20.9. The van der Waals surface area contributed by atoms with Gasteiger partial charge in [0.1, 0.15) is 0 Å². The molecule has 0 amide bonds. The standard InChI is InChI=1S/C8H6O4.H4Si/c9-7(10)5-3-1-2-4-6(5)8(11)12;/h1-4H,(H,9,10)(H,11,12);1H4. The third-order valence-electron chi connectivity index (χ3n) is 1.39. The van der Waals surface area contributed by atoms with Crippen LogP contribution in [-0.4, -0.2) is 33.1 Å². The monoisotopic (exact) mass is 198 g/mol. The fourth-order valence-electron chi connectivity index (χ4n) is 0.856. The molecular weight excluding hydrogens is 188 g/mol. The third kappa shape index (κ3) is 2.41. The van der Waals surface area contributed by atoms with Gasteiger partial charge in [0.15, 0.2) is 0 Å². The highest BCUT2D eigenvalue weighted by molar-refractivity contribution is 6.01. The van der Waals surface area contributed by atoms with Crippen molar-refractivity contribution in [2.45, 2.75) is 0 Å². The summed E-state index contributed by atoms with van der Waals surface area (Å²) >= 11 is 0. The quantitative estimate of drug-likeness (QED) is 0.636. The van der Waals surface area contributed by atoms with Crippen molar-refractivity contribution in [2.75, 3.05) is 0 Å². The van der Waals surface area contributed by atoms with Crippen LogP contribution in [0.15, 0.2) is 24.3 Å². The van der Waals surface area contributed by atoms with Gasteiger partial charge >= 0.3 is 11.9 Å². The van der Waals surface area contributed by atoms with Gasteiger partial charge in [0.05, 0.1) is 11.1 Å². The van der Waals surface area contributed by atoms with Crippen LogP contribution in [0.2, 0.25) is 0 Å². The average molecular weight is 198 g/mol. The molecule has 0 saturated heterocycles. The van der Waals surface area contributed by atoms with Gasteiger partial charge in [-0.15, -0.1) is 0 Å². The van der Waals surface area contributed by atoms with E-state index in [1.54, 1.807) is 0 Å². The summed E-state index contributed by atoms with van der Waals surface area (Å²) in [5, 5.41) is 17.1. The summed E-state index contributed by atoms with van der Waals surface area (Å²) in [5.74, 6) is -2.46. The predicted molar refractivity (Wildman–Crippen MR) is 51.7 cm³/mol. The Kier molecular flexibility index (Phi) is 3.86. The van der Waals surface area contributed by atoms with E-state index in [0.29, 0.717) is 0 Å². The first-order valence-corrected chi connectivity index (χ1v) is 3.18. The number of hydrogen-bond acceptors (Lipinski definition) is 2.